The maximum absolute atomic E-state index is 11.6. The second kappa shape index (κ2) is 11.3. The summed E-state index contributed by atoms with van der Waals surface area (Å²) in [6.45, 7) is 3.17. The summed E-state index contributed by atoms with van der Waals surface area (Å²) in [7, 11) is 0. The van der Waals surface area contributed by atoms with Gasteiger partial charge in [-0.1, -0.05) is 87.9 Å². The van der Waals surface area contributed by atoms with Crippen molar-refractivity contribution in [1.82, 2.24) is 14.8 Å². The Hall–Kier alpha value is -2.95. The van der Waals surface area contributed by atoms with E-state index >= 15 is 0 Å². The van der Waals surface area contributed by atoms with E-state index < -0.39 is 5.97 Å². The molecular formula is C28H35N3O2. The third kappa shape index (κ3) is 5.89. The third-order valence-electron chi connectivity index (χ3n) is 6.74. The van der Waals surface area contributed by atoms with Crippen molar-refractivity contribution >= 4 is 5.97 Å². The molecule has 0 spiro atoms. The Morgan fingerprint density at radius 3 is 2.48 bits per heavy atom. The lowest BCUT2D eigenvalue weighted by Crippen LogP contribution is -2.08. The maximum atomic E-state index is 11.6. The van der Waals surface area contributed by atoms with E-state index in [4.69, 9.17) is 10.1 Å². The highest BCUT2D eigenvalue weighted by Crippen LogP contribution is 2.31. The van der Waals surface area contributed by atoms with Crippen LogP contribution in [0.3, 0.4) is 0 Å². The molecular weight excluding hydrogens is 410 g/mol. The first-order valence-electron chi connectivity index (χ1n) is 12.5. The van der Waals surface area contributed by atoms with Crippen LogP contribution in [-0.4, -0.2) is 25.8 Å². The highest BCUT2D eigenvalue weighted by atomic mass is 16.4. The van der Waals surface area contributed by atoms with Crippen LogP contribution in [0.1, 0.15) is 98.2 Å². The zero-order valence-corrected chi connectivity index (χ0v) is 19.7. The number of hydrogen-bond acceptors (Lipinski definition) is 3. The van der Waals surface area contributed by atoms with E-state index in [1.54, 1.807) is 12.1 Å². The number of aryl methyl sites for hydroxylation is 1. The molecule has 5 heteroatoms. The predicted molar refractivity (Wildman–Crippen MR) is 132 cm³/mol. The summed E-state index contributed by atoms with van der Waals surface area (Å²) < 4.78 is 2.15. The number of aromatic nitrogens is 3. The zero-order valence-electron chi connectivity index (χ0n) is 19.7. The van der Waals surface area contributed by atoms with Crippen LogP contribution in [0.4, 0.5) is 0 Å². The molecule has 0 atom stereocenters. The molecule has 1 aliphatic carbocycles. The standard InChI is InChI=1S/C28H35N3O2/c1-2-3-4-10-19-31-26(29-27(30-31)23-11-6-5-7-12-23)20-21-15-17-22(18-16-21)24-13-8-9-14-25(24)28(32)33/h8-9,13-18,23H,2-7,10-12,19-20H2,1H3,(H,32,33). The lowest BCUT2D eigenvalue weighted by molar-refractivity contribution is 0.0697. The van der Waals surface area contributed by atoms with Crippen LogP contribution in [0.5, 0.6) is 0 Å². The van der Waals surface area contributed by atoms with Crippen molar-refractivity contribution in [2.45, 2.75) is 83.6 Å². The van der Waals surface area contributed by atoms with E-state index in [9.17, 15) is 9.90 Å². The predicted octanol–water partition coefficient (Wildman–Crippen LogP) is 6.86. The van der Waals surface area contributed by atoms with Crippen LogP contribution in [0.15, 0.2) is 48.5 Å². The summed E-state index contributed by atoms with van der Waals surface area (Å²) in [5.74, 6) is 1.68. The molecule has 1 fully saturated rings. The molecule has 174 valence electrons. The number of aromatic carboxylic acids is 1. The monoisotopic (exact) mass is 445 g/mol. The number of unbranched alkanes of at least 4 members (excludes halogenated alkanes) is 3. The first-order chi connectivity index (χ1) is 16.2. The van der Waals surface area contributed by atoms with Crippen LogP contribution in [0, 0.1) is 0 Å². The molecule has 33 heavy (non-hydrogen) atoms. The molecule has 1 aliphatic rings. The molecule has 0 amide bonds. The minimum absolute atomic E-state index is 0.328. The minimum atomic E-state index is -0.902. The Morgan fingerprint density at radius 1 is 1.00 bits per heavy atom. The highest BCUT2D eigenvalue weighted by molar-refractivity contribution is 5.95. The van der Waals surface area contributed by atoms with Gasteiger partial charge in [0.25, 0.3) is 0 Å². The van der Waals surface area contributed by atoms with Crippen molar-refractivity contribution in [2.75, 3.05) is 0 Å². The molecule has 0 radical (unpaired) electrons. The van der Waals surface area contributed by atoms with Crippen molar-refractivity contribution < 1.29 is 9.90 Å². The molecule has 0 aliphatic heterocycles. The van der Waals surface area contributed by atoms with Gasteiger partial charge in [0.2, 0.25) is 0 Å². The van der Waals surface area contributed by atoms with Gasteiger partial charge in [0.15, 0.2) is 5.82 Å². The van der Waals surface area contributed by atoms with Crippen molar-refractivity contribution in [3.05, 3.63) is 71.3 Å². The van der Waals surface area contributed by atoms with Crippen molar-refractivity contribution in [3.63, 3.8) is 0 Å². The van der Waals surface area contributed by atoms with E-state index in [1.807, 2.05) is 24.3 Å². The van der Waals surface area contributed by atoms with Crippen molar-refractivity contribution in [3.8, 4) is 11.1 Å². The molecule has 1 saturated carbocycles. The van der Waals surface area contributed by atoms with Gasteiger partial charge < -0.3 is 5.11 Å². The number of carboxylic acid groups (broad SMARTS) is 1. The van der Waals surface area contributed by atoms with E-state index in [0.717, 1.165) is 42.2 Å². The van der Waals surface area contributed by atoms with Gasteiger partial charge >= 0.3 is 5.97 Å². The van der Waals surface area contributed by atoms with Crippen LogP contribution in [-0.2, 0) is 13.0 Å². The molecule has 2 aromatic carbocycles. The van der Waals surface area contributed by atoms with E-state index in [1.165, 1.54) is 56.9 Å². The summed E-state index contributed by atoms with van der Waals surface area (Å²) in [6, 6.07) is 15.4. The van der Waals surface area contributed by atoms with Gasteiger partial charge in [0.05, 0.1) is 5.56 Å². The van der Waals surface area contributed by atoms with Gasteiger partial charge in [-0.15, -0.1) is 0 Å². The molecule has 4 rings (SSSR count). The van der Waals surface area contributed by atoms with Crippen LogP contribution in [0.25, 0.3) is 11.1 Å². The number of rotatable bonds is 10. The molecule has 1 N–H and O–H groups in total. The van der Waals surface area contributed by atoms with Gasteiger partial charge in [-0.25, -0.2) is 14.5 Å². The van der Waals surface area contributed by atoms with Gasteiger partial charge in [-0.3, -0.25) is 0 Å². The SMILES string of the molecule is CCCCCCn1nc(C2CCCCC2)nc1Cc1ccc(-c2ccccc2C(=O)O)cc1. The summed E-state index contributed by atoms with van der Waals surface area (Å²) in [5.41, 5.74) is 3.16. The average Bonchev–Trinajstić information content (AvgIpc) is 3.25. The van der Waals surface area contributed by atoms with Crippen molar-refractivity contribution in [1.29, 1.82) is 0 Å². The van der Waals surface area contributed by atoms with Gasteiger partial charge in [-0.05, 0) is 42.0 Å². The van der Waals surface area contributed by atoms with Crippen molar-refractivity contribution in [2.24, 2.45) is 0 Å². The summed E-state index contributed by atoms with van der Waals surface area (Å²) in [4.78, 5) is 16.6. The Bertz CT molecular complexity index is 1050. The van der Waals surface area contributed by atoms with Gasteiger partial charge in [-0.2, -0.15) is 5.10 Å². The lowest BCUT2D eigenvalue weighted by atomic mass is 9.89. The number of nitrogens with zero attached hydrogens (tertiary/aromatic N) is 3. The quantitative estimate of drug-likeness (QED) is 0.346. The van der Waals surface area contributed by atoms with Gasteiger partial charge in [0.1, 0.15) is 5.82 Å². The molecule has 1 heterocycles. The second-order valence-electron chi connectivity index (χ2n) is 9.23. The van der Waals surface area contributed by atoms with E-state index in [0.29, 0.717) is 11.5 Å². The maximum Gasteiger partial charge on any atom is 0.336 e. The molecule has 5 nitrogen and oxygen atoms in total. The third-order valence-corrected chi connectivity index (χ3v) is 6.74. The van der Waals surface area contributed by atoms with E-state index in [-0.39, 0.29) is 0 Å². The fourth-order valence-electron chi connectivity index (χ4n) is 4.83. The van der Waals surface area contributed by atoms with Crippen LogP contribution in [0.2, 0.25) is 0 Å². The lowest BCUT2D eigenvalue weighted by Gasteiger charge is -2.18. The number of benzene rings is 2. The normalized spacial score (nSPS) is 14.5. The fourth-order valence-corrected chi connectivity index (χ4v) is 4.83. The summed E-state index contributed by atoms with van der Waals surface area (Å²) in [6.07, 6.45) is 11.9. The minimum Gasteiger partial charge on any atom is -0.478 e. The Morgan fingerprint density at radius 2 is 1.76 bits per heavy atom. The van der Waals surface area contributed by atoms with Crippen LogP contribution < -0.4 is 0 Å². The molecule has 0 bridgehead atoms. The average molecular weight is 446 g/mol. The Balaban J connectivity index is 1.53. The van der Waals surface area contributed by atoms with Gasteiger partial charge in [0, 0.05) is 18.9 Å². The summed E-state index contributed by atoms with van der Waals surface area (Å²) in [5, 5.41) is 14.5. The highest BCUT2D eigenvalue weighted by Gasteiger charge is 2.21. The zero-order chi connectivity index (χ0) is 23.0. The number of carbonyl (C=O) groups is 1. The first-order valence-corrected chi connectivity index (χ1v) is 12.5. The molecule has 0 unspecified atom stereocenters. The Kier molecular flexibility index (Phi) is 7.92. The second-order valence-corrected chi connectivity index (χ2v) is 9.23. The number of carboxylic acids is 1. The number of hydrogen-bond donors (Lipinski definition) is 1. The summed E-state index contributed by atoms with van der Waals surface area (Å²) >= 11 is 0. The Labute approximate surface area is 196 Å². The fraction of sp³-hybridized carbons (Fsp3) is 0.464. The topological polar surface area (TPSA) is 68.0 Å². The largest absolute Gasteiger partial charge is 0.478 e. The first kappa shape index (κ1) is 23.2. The molecule has 3 aromatic rings. The molecule has 1 aromatic heterocycles. The van der Waals surface area contributed by atoms with Crippen LogP contribution >= 0.6 is 0 Å². The molecule has 0 saturated heterocycles. The van der Waals surface area contributed by atoms with E-state index in [2.05, 4.69) is 23.7 Å². The smallest absolute Gasteiger partial charge is 0.336 e.